The molecule has 0 saturated carbocycles. The summed E-state index contributed by atoms with van der Waals surface area (Å²) in [6, 6.07) is 15.7. The second kappa shape index (κ2) is 6.91. The van der Waals surface area contributed by atoms with Crippen molar-refractivity contribution >= 4 is 16.9 Å². The Balaban J connectivity index is 1.86. The van der Waals surface area contributed by atoms with Crippen molar-refractivity contribution in [1.29, 1.82) is 0 Å². The molecule has 0 radical (unpaired) electrons. The van der Waals surface area contributed by atoms with Gasteiger partial charge in [0.1, 0.15) is 6.10 Å². The molecule has 1 aromatic heterocycles. The zero-order valence-electron chi connectivity index (χ0n) is 14.5. The molecule has 0 spiro atoms. The lowest BCUT2D eigenvalue weighted by Crippen LogP contribution is -2.12. The molecule has 0 N–H and O–H groups in total. The number of benzene rings is 2. The Bertz CT molecular complexity index is 849. The van der Waals surface area contributed by atoms with E-state index in [-0.39, 0.29) is 12.1 Å². The molecule has 124 valence electrons. The van der Waals surface area contributed by atoms with Crippen LogP contribution in [0, 0.1) is 6.92 Å². The van der Waals surface area contributed by atoms with Crippen molar-refractivity contribution in [3.63, 3.8) is 0 Å². The second-order valence-corrected chi connectivity index (χ2v) is 6.25. The Morgan fingerprint density at radius 1 is 1.17 bits per heavy atom. The number of hydrogen-bond donors (Lipinski definition) is 0. The van der Waals surface area contributed by atoms with Gasteiger partial charge in [-0.25, -0.2) is 4.79 Å². The summed E-state index contributed by atoms with van der Waals surface area (Å²) < 4.78 is 7.85. The Hall–Kier alpha value is -2.55. The van der Waals surface area contributed by atoms with Gasteiger partial charge in [-0.3, -0.25) is 0 Å². The molecule has 0 aliphatic heterocycles. The summed E-state index contributed by atoms with van der Waals surface area (Å²) in [4.78, 5) is 12.6. The number of nitrogens with zero attached hydrogens (tertiary/aromatic N) is 1. The minimum atomic E-state index is -0.266. The summed E-state index contributed by atoms with van der Waals surface area (Å²) in [7, 11) is 1.99. The van der Waals surface area contributed by atoms with Crippen LogP contribution in [0.4, 0.5) is 0 Å². The van der Waals surface area contributed by atoms with Crippen molar-refractivity contribution in [2.75, 3.05) is 0 Å². The normalized spacial score (nSPS) is 12.3. The van der Waals surface area contributed by atoms with Crippen molar-refractivity contribution in [3.05, 3.63) is 71.4 Å². The van der Waals surface area contributed by atoms with Crippen LogP contribution < -0.4 is 0 Å². The van der Waals surface area contributed by atoms with E-state index in [1.54, 1.807) is 0 Å². The third-order valence-electron chi connectivity index (χ3n) is 4.40. The Labute approximate surface area is 142 Å². The van der Waals surface area contributed by atoms with Crippen molar-refractivity contribution < 1.29 is 9.53 Å². The van der Waals surface area contributed by atoms with Crippen LogP contribution in [-0.4, -0.2) is 10.5 Å². The summed E-state index contributed by atoms with van der Waals surface area (Å²) in [6.45, 7) is 4.18. The third kappa shape index (κ3) is 3.21. The molecular weight excluding hydrogens is 298 g/mol. The molecular formula is C21H23NO2. The highest BCUT2D eigenvalue weighted by molar-refractivity contribution is 5.95. The molecule has 3 heteroatoms. The maximum Gasteiger partial charge on any atom is 0.338 e. The smallest absolute Gasteiger partial charge is 0.338 e. The van der Waals surface area contributed by atoms with Gasteiger partial charge >= 0.3 is 5.97 Å². The Morgan fingerprint density at radius 3 is 2.62 bits per heavy atom. The minimum absolute atomic E-state index is 0.199. The van der Waals surface area contributed by atoms with Crippen LogP contribution in [0.2, 0.25) is 0 Å². The van der Waals surface area contributed by atoms with E-state index in [1.807, 2.05) is 60.1 Å². The molecule has 3 nitrogen and oxygen atoms in total. The summed E-state index contributed by atoms with van der Waals surface area (Å²) in [6.07, 6.45) is 3.66. The van der Waals surface area contributed by atoms with Crippen molar-refractivity contribution in [3.8, 4) is 0 Å². The molecule has 0 aliphatic carbocycles. The van der Waals surface area contributed by atoms with Gasteiger partial charge in [0.2, 0.25) is 0 Å². The van der Waals surface area contributed by atoms with Gasteiger partial charge in [0.25, 0.3) is 0 Å². The molecule has 0 saturated heterocycles. The number of aryl methyl sites for hydroxylation is 2. The number of carbonyl (C=O) groups excluding carboxylic acids is 1. The van der Waals surface area contributed by atoms with Crippen LogP contribution in [0.1, 0.15) is 47.4 Å². The second-order valence-electron chi connectivity index (χ2n) is 6.25. The fourth-order valence-electron chi connectivity index (χ4n) is 3.13. The molecule has 0 amide bonds. The summed E-state index contributed by atoms with van der Waals surface area (Å²) in [5.41, 5.74) is 3.90. The first-order valence-corrected chi connectivity index (χ1v) is 8.41. The van der Waals surface area contributed by atoms with Gasteiger partial charge in [-0.2, -0.15) is 0 Å². The monoisotopic (exact) mass is 321 g/mol. The van der Waals surface area contributed by atoms with Crippen molar-refractivity contribution in [2.45, 2.75) is 32.8 Å². The van der Waals surface area contributed by atoms with E-state index < -0.39 is 0 Å². The van der Waals surface area contributed by atoms with E-state index in [0.717, 1.165) is 23.9 Å². The van der Waals surface area contributed by atoms with Gasteiger partial charge in [-0.1, -0.05) is 49.7 Å². The maximum atomic E-state index is 12.6. The lowest BCUT2D eigenvalue weighted by Gasteiger charge is -2.18. The number of carbonyl (C=O) groups is 1. The van der Waals surface area contributed by atoms with Gasteiger partial charge in [-0.15, -0.1) is 0 Å². The molecule has 0 bridgehead atoms. The molecule has 3 rings (SSSR count). The Kier molecular flexibility index (Phi) is 4.70. The van der Waals surface area contributed by atoms with Gasteiger partial charge in [0.05, 0.1) is 5.56 Å². The number of rotatable bonds is 5. The predicted octanol–water partition coefficient (Wildman–Crippen LogP) is 5.18. The molecule has 2 aromatic carbocycles. The average Bonchev–Trinajstić information content (AvgIpc) is 2.89. The van der Waals surface area contributed by atoms with Crippen molar-refractivity contribution in [2.24, 2.45) is 7.05 Å². The van der Waals surface area contributed by atoms with Gasteiger partial charge in [-0.05, 0) is 36.6 Å². The van der Waals surface area contributed by atoms with E-state index in [2.05, 4.69) is 20.0 Å². The van der Waals surface area contributed by atoms with E-state index in [4.69, 9.17) is 4.74 Å². The van der Waals surface area contributed by atoms with E-state index in [1.165, 1.54) is 10.9 Å². The average molecular weight is 321 g/mol. The number of aromatic nitrogens is 1. The standard InChI is InChI=1S/C21H23NO2/c1-4-8-20(16-9-6-5-7-10-16)24-21(23)17-11-12-18-15(2)14-22(3)19(18)13-17/h5-7,9-14,20H,4,8H2,1-3H3. The van der Waals surface area contributed by atoms with Crippen LogP contribution in [-0.2, 0) is 11.8 Å². The molecule has 1 heterocycles. The van der Waals surface area contributed by atoms with E-state index >= 15 is 0 Å². The SMILES string of the molecule is CCCC(OC(=O)c1ccc2c(C)cn(C)c2c1)c1ccccc1. The highest BCUT2D eigenvalue weighted by Gasteiger charge is 2.18. The zero-order chi connectivity index (χ0) is 17.1. The minimum Gasteiger partial charge on any atom is -0.454 e. The van der Waals surface area contributed by atoms with Crippen LogP contribution >= 0.6 is 0 Å². The first-order chi connectivity index (χ1) is 11.6. The molecule has 24 heavy (non-hydrogen) atoms. The van der Waals surface area contributed by atoms with Crippen molar-refractivity contribution in [1.82, 2.24) is 4.57 Å². The maximum absolute atomic E-state index is 12.6. The first-order valence-electron chi connectivity index (χ1n) is 8.41. The fourth-order valence-corrected chi connectivity index (χ4v) is 3.13. The van der Waals surface area contributed by atoms with Crippen LogP contribution in [0.3, 0.4) is 0 Å². The van der Waals surface area contributed by atoms with Gasteiger partial charge in [0, 0.05) is 24.1 Å². The quantitative estimate of drug-likeness (QED) is 0.606. The highest BCUT2D eigenvalue weighted by atomic mass is 16.5. The largest absolute Gasteiger partial charge is 0.454 e. The molecule has 0 fully saturated rings. The number of hydrogen-bond acceptors (Lipinski definition) is 2. The molecule has 1 atom stereocenters. The number of esters is 1. The molecule has 0 aliphatic rings. The number of fused-ring (bicyclic) bond motifs is 1. The number of ether oxygens (including phenoxy) is 1. The third-order valence-corrected chi connectivity index (χ3v) is 4.40. The summed E-state index contributed by atoms with van der Waals surface area (Å²) in [5.74, 6) is -0.266. The predicted molar refractivity (Wildman–Crippen MR) is 97.2 cm³/mol. The van der Waals surface area contributed by atoms with Crippen LogP contribution in [0.15, 0.2) is 54.7 Å². The summed E-state index contributed by atoms with van der Waals surface area (Å²) >= 11 is 0. The van der Waals surface area contributed by atoms with Crippen LogP contribution in [0.25, 0.3) is 10.9 Å². The lowest BCUT2D eigenvalue weighted by molar-refractivity contribution is 0.0275. The van der Waals surface area contributed by atoms with Crippen LogP contribution in [0.5, 0.6) is 0 Å². The molecule has 3 aromatic rings. The zero-order valence-corrected chi connectivity index (χ0v) is 14.5. The summed E-state index contributed by atoms with van der Waals surface area (Å²) in [5, 5.41) is 1.17. The highest BCUT2D eigenvalue weighted by Crippen LogP contribution is 2.26. The van der Waals surface area contributed by atoms with E-state index in [0.29, 0.717) is 5.56 Å². The Morgan fingerprint density at radius 2 is 1.92 bits per heavy atom. The fraction of sp³-hybridized carbons (Fsp3) is 0.286. The first kappa shape index (κ1) is 16.3. The van der Waals surface area contributed by atoms with Gasteiger partial charge < -0.3 is 9.30 Å². The topological polar surface area (TPSA) is 31.2 Å². The lowest BCUT2D eigenvalue weighted by atomic mass is 10.0. The van der Waals surface area contributed by atoms with E-state index in [9.17, 15) is 4.79 Å². The van der Waals surface area contributed by atoms with Gasteiger partial charge in [0.15, 0.2) is 0 Å². The molecule has 1 unspecified atom stereocenters.